The van der Waals surface area contributed by atoms with Crippen LogP contribution in [0.25, 0.3) is 0 Å². The van der Waals surface area contributed by atoms with Crippen LogP contribution in [0.3, 0.4) is 0 Å². The van der Waals surface area contributed by atoms with Gasteiger partial charge in [0.2, 0.25) is 0 Å². The third-order valence-corrected chi connectivity index (χ3v) is 4.65. The second-order valence-corrected chi connectivity index (χ2v) is 7.67. The number of nitriles is 1. The second kappa shape index (κ2) is 7.07. The molecule has 0 saturated carbocycles. The molecule has 0 radical (unpaired) electrons. The highest BCUT2D eigenvalue weighted by molar-refractivity contribution is 7.90. The molecule has 3 nitrogen and oxygen atoms in total. The minimum absolute atomic E-state index is 0.119. The number of hydrogen-bond donors (Lipinski definition) is 1. The van der Waals surface area contributed by atoms with Crippen molar-refractivity contribution in [1.82, 2.24) is 4.72 Å². The molecule has 1 N–H and O–H groups in total. The molecule has 0 unspecified atom stereocenters. The van der Waals surface area contributed by atoms with E-state index in [0.29, 0.717) is 6.42 Å². The third kappa shape index (κ3) is 4.48. The van der Waals surface area contributed by atoms with Crippen LogP contribution in [0.2, 0.25) is 0 Å². The maximum absolute atomic E-state index is 13.0. The van der Waals surface area contributed by atoms with Gasteiger partial charge in [0.1, 0.15) is 16.6 Å². The van der Waals surface area contributed by atoms with Crippen molar-refractivity contribution in [3.05, 3.63) is 35.6 Å². The molecule has 0 aliphatic rings. The Morgan fingerprint density at radius 3 is 2.30 bits per heavy atom. The Kier molecular flexibility index (Phi) is 6.00. The molecule has 0 aliphatic carbocycles. The summed E-state index contributed by atoms with van der Waals surface area (Å²) in [7, 11) is 0. The van der Waals surface area contributed by atoms with E-state index in [4.69, 9.17) is 0 Å². The first-order valence-electron chi connectivity index (χ1n) is 6.62. The van der Waals surface area contributed by atoms with E-state index >= 15 is 0 Å². The smallest absolute Gasteiger partial charge is 0.146 e. The van der Waals surface area contributed by atoms with E-state index in [1.807, 2.05) is 27.7 Å². The van der Waals surface area contributed by atoms with Crippen LogP contribution in [0.4, 0.5) is 4.39 Å². The molecule has 110 valence electrons. The van der Waals surface area contributed by atoms with Gasteiger partial charge in [0.05, 0.1) is 6.07 Å². The van der Waals surface area contributed by atoms with Gasteiger partial charge in [0.25, 0.3) is 0 Å². The summed E-state index contributed by atoms with van der Waals surface area (Å²) in [6.07, 6.45) is 0.707. The molecule has 0 amide bonds. The van der Waals surface area contributed by atoms with E-state index in [9.17, 15) is 14.2 Å². The Bertz CT molecular complexity index is 464. The Labute approximate surface area is 123 Å². The van der Waals surface area contributed by atoms with Crippen LogP contribution < -0.4 is 4.72 Å². The SMILES string of the molecule is CC[C@@H](c1ccc(F)cc1)[C@@H](C#N)N[S@@+]([O-])C(C)(C)C. The number of halogens is 1. The molecule has 0 heterocycles. The standard InChI is InChI=1S/C15H21FN2OS/c1-5-13(11-6-8-12(16)9-7-11)14(10-17)18-20(19)15(2,3)4/h6-9,13-14,18H,5H2,1-4H3/t13-,14+,20-/m0/s1. The minimum atomic E-state index is -1.31. The van der Waals surface area contributed by atoms with Crippen molar-refractivity contribution >= 4 is 11.4 Å². The quantitative estimate of drug-likeness (QED) is 0.848. The molecule has 0 aliphatic heterocycles. The first-order valence-corrected chi connectivity index (χ1v) is 7.77. The molecule has 1 rings (SSSR count). The van der Waals surface area contributed by atoms with Gasteiger partial charge in [-0.15, -0.1) is 4.72 Å². The van der Waals surface area contributed by atoms with Crippen molar-refractivity contribution in [2.75, 3.05) is 0 Å². The molecule has 0 fully saturated rings. The highest BCUT2D eigenvalue weighted by Crippen LogP contribution is 2.25. The zero-order valence-corrected chi connectivity index (χ0v) is 13.1. The van der Waals surface area contributed by atoms with E-state index in [2.05, 4.69) is 10.8 Å². The van der Waals surface area contributed by atoms with Crippen LogP contribution in [0.5, 0.6) is 0 Å². The summed E-state index contributed by atoms with van der Waals surface area (Å²) in [5.74, 6) is -0.421. The van der Waals surface area contributed by atoms with Crippen molar-refractivity contribution < 1.29 is 8.94 Å². The highest BCUT2D eigenvalue weighted by atomic mass is 32.2. The van der Waals surface area contributed by atoms with E-state index in [1.54, 1.807) is 12.1 Å². The van der Waals surface area contributed by atoms with E-state index in [-0.39, 0.29) is 11.7 Å². The highest BCUT2D eigenvalue weighted by Gasteiger charge is 2.32. The van der Waals surface area contributed by atoms with Gasteiger partial charge in [0.15, 0.2) is 0 Å². The van der Waals surface area contributed by atoms with Crippen LogP contribution in [-0.2, 0) is 11.4 Å². The van der Waals surface area contributed by atoms with Gasteiger partial charge in [-0.3, -0.25) is 0 Å². The predicted molar refractivity (Wildman–Crippen MR) is 79.9 cm³/mol. The lowest BCUT2D eigenvalue weighted by Crippen LogP contribution is -2.46. The molecule has 5 heteroatoms. The molecule has 20 heavy (non-hydrogen) atoms. The van der Waals surface area contributed by atoms with Crippen LogP contribution in [-0.4, -0.2) is 15.3 Å². The van der Waals surface area contributed by atoms with Crippen molar-refractivity contribution in [3.8, 4) is 6.07 Å². The van der Waals surface area contributed by atoms with Crippen LogP contribution in [0.1, 0.15) is 45.6 Å². The lowest BCUT2D eigenvalue weighted by Gasteiger charge is -2.28. The van der Waals surface area contributed by atoms with Gasteiger partial charge < -0.3 is 4.55 Å². The number of nitrogens with zero attached hydrogens (tertiary/aromatic N) is 1. The van der Waals surface area contributed by atoms with Gasteiger partial charge in [-0.05, 0) is 44.9 Å². The zero-order valence-electron chi connectivity index (χ0n) is 12.3. The van der Waals surface area contributed by atoms with Gasteiger partial charge in [0, 0.05) is 17.3 Å². The fraction of sp³-hybridized carbons (Fsp3) is 0.533. The summed E-state index contributed by atoms with van der Waals surface area (Å²) in [5, 5.41) is 9.34. The summed E-state index contributed by atoms with van der Waals surface area (Å²) in [6.45, 7) is 7.51. The third-order valence-electron chi connectivity index (χ3n) is 3.07. The molecule has 0 aromatic heterocycles. The topological polar surface area (TPSA) is 58.9 Å². The Morgan fingerprint density at radius 2 is 1.90 bits per heavy atom. The van der Waals surface area contributed by atoms with Gasteiger partial charge in [-0.25, -0.2) is 4.39 Å². The molecular formula is C15H21FN2OS. The van der Waals surface area contributed by atoms with Crippen molar-refractivity contribution in [2.45, 2.75) is 50.8 Å². The average Bonchev–Trinajstić information content (AvgIpc) is 2.39. The second-order valence-electron chi connectivity index (χ2n) is 5.67. The van der Waals surface area contributed by atoms with Crippen LogP contribution >= 0.6 is 0 Å². The fourth-order valence-corrected chi connectivity index (χ4v) is 2.67. The zero-order chi connectivity index (χ0) is 15.3. The molecule has 0 saturated heterocycles. The molecule has 3 atom stereocenters. The fourth-order valence-electron chi connectivity index (χ4n) is 1.86. The lowest BCUT2D eigenvalue weighted by molar-refractivity contribution is 0.507. The Morgan fingerprint density at radius 1 is 1.35 bits per heavy atom. The van der Waals surface area contributed by atoms with E-state index < -0.39 is 22.2 Å². The largest absolute Gasteiger partial charge is 0.598 e. The Balaban J connectivity index is 2.91. The summed E-state index contributed by atoms with van der Waals surface area (Å²) in [6, 6.07) is 7.72. The molecule has 1 aromatic rings. The van der Waals surface area contributed by atoms with E-state index in [0.717, 1.165) is 5.56 Å². The first-order chi connectivity index (χ1) is 9.29. The maximum Gasteiger partial charge on any atom is 0.146 e. The van der Waals surface area contributed by atoms with Crippen molar-refractivity contribution in [3.63, 3.8) is 0 Å². The van der Waals surface area contributed by atoms with Gasteiger partial charge in [-0.1, -0.05) is 19.1 Å². The monoisotopic (exact) mass is 296 g/mol. The van der Waals surface area contributed by atoms with Crippen LogP contribution in [0.15, 0.2) is 24.3 Å². The average molecular weight is 296 g/mol. The van der Waals surface area contributed by atoms with Crippen LogP contribution in [0, 0.1) is 17.1 Å². The minimum Gasteiger partial charge on any atom is -0.598 e. The molecule has 0 spiro atoms. The van der Waals surface area contributed by atoms with E-state index in [1.165, 1.54) is 12.1 Å². The number of benzene rings is 1. The molecule has 0 bridgehead atoms. The number of rotatable bonds is 5. The lowest BCUT2D eigenvalue weighted by atomic mass is 9.90. The normalized spacial score (nSPS) is 16.2. The van der Waals surface area contributed by atoms with Crippen molar-refractivity contribution in [1.29, 1.82) is 5.26 Å². The van der Waals surface area contributed by atoms with Crippen molar-refractivity contribution in [2.24, 2.45) is 0 Å². The molecular weight excluding hydrogens is 275 g/mol. The van der Waals surface area contributed by atoms with Gasteiger partial charge >= 0.3 is 0 Å². The Hall–Kier alpha value is -1.09. The van der Waals surface area contributed by atoms with Gasteiger partial charge in [-0.2, -0.15) is 5.26 Å². The summed E-state index contributed by atoms with van der Waals surface area (Å²) in [4.78, 5) is 0. The number of hydrogen-bond acceptors (Lipinski definition) is 3. The molecule has 1 aromatic carbocycles. The predicted octanol–water partition coefficient (Wildman–Crippen LogP) is 3.26. The first kappa shape index (κ1) is 17.0. The maximum atomic E-state index is 13.0. The summed E-state index contributed by atoms with van der Waals surface area (Å²) >= 11 is -1.31. The summed E-state index contributed by atoms with van der Waals surface area (Å²) in [5.41, 5.74) is 0.874. The summed E-state index contributed by atoms with van der Waals surface area (Å²) < 4.78 is 27.6. The number of nitrogens with one attached hydrogen (secondary N) is 1.